The highest BCUT2D eigenvalue weighted by Crippen LogP contribution is 2.21. The van der Waals surface area contributed by atoms with E-state index in [0.717, 1.165) is 23.4 Å². The Kier molecular flexibility index (Phi) is 2.83. The van der Waals surface area contributed by atoms with Gasteiger partial charge in [0, 0.05) is 5.02 Å². The number of halogens is 1. The summed E-state index contributed by atoms with van der Waals surface area (Å²) < 4.78 is 1.75. The van der Waals surface area contributed by atoms with Crippen LogP contribution in [0.4, 0.5) is 5.82 Å². The summed E-state index contributed by atoms with van der Waals surface area (Å²) in [5.41, 5.74) is 8.67. The molecule has 16 heavy (non-hydrogen) atoms. The van der Waals surface area contributed by atoms with Gasteiger partial charge in [-0.3, -0.25) is 0 Å². The number of nitrogens with zero attached hydrogens (tertiary/aromatic N) is 3. The number of rotatable bonds is 2. The Balaban J connectivity index is 2.62. The summed E-state index contributed by atoms with van der Waals surface area (Å²) in [7, 11) is 0. The Morgan fingerprint density at radius 1 is 1.44 bits per heavy atom. The molecular formula is C11H13ClN4. The lowest BCUT2D eigenvalue weighted by Gasteiger charge is -2.08. The van der Waals surface area contributed by atoms with Crippen LogP contribution in [-0.4, -0.2) is 15.0 Å². The third kappa shape index (κ3) is 1.76. The van der Waals surface area contributed by atoms with E-state index in [1.807, 2.05) is 32.0 Å². The molecule has 2 aromatic rings. The number of nitrogens with two attached hydrogens (primary N) is 1. The van der Waals surface area contributed by atoms with Gasteiger partial charge < -0.3 is 5.73 Å². The van der Waals surface area contributed by atoms with Crippen molar-refractivity contribution >= 4 is 17.4 Å². The van der Waals surface area contributed by atoms with E-state index >= 15 is 0 Å². The highest BCUT2D eigenvalue weighted by molar-refractivity contribution is 6.30. The first-order valence-corrected chi connectivity index (χ1v) is 5.48. The summed E-state index contributed by atoms with van der Waals surface area (Å²) in [5.74, 6) is 0.474. The average molecular weight is 237 g/mol. The van der Waals surface area contributed by atoms with Gasteiger partial charge in [0.1, 0.15) is 0 Å². The van der Waals surface area contributed by atoms with Crippen molar-refractivity contribution in [1.82, 2.24) is 15.0 Å². The molecule has 0 fully saturated rings. The van der Waals surface area contributed by atoms with Gasteiger partial charge in [0.25, 0.3) is 0 Å². The zero-order valence-corrected chi connectivity index (χ0v) is 9.99. The van der Waals surface area contributed by atoms with Crippen molar-refractivity contribution in [1.29, 1.82) is 0 Å². The van der Waals surface area contributed by atoms with Crippen LogP contribution >= 0.6 is 11.6 Å². The second-order valence-corrected chi connectivity index (χ2v) is 4.05. The monoisotopic (exact) mass is 236 g/mol. The Hall–Kier alpha value is -1.55. The first-order chi connectivity index (χ1) is 7.63. The third-order valence-electron chi connectivity index (χ3n) is 2.53. The van der Waals surface area contributed by atoms with Crippen LogP contribution in [-0.2, 0) is 6.42 Å². The molecule has 0 bridgehead atoms. The van der Waals surface area contributed by atoms with Crippen LogP contribution in [0.2, 0.25) is 5.02 Å². The summed E-state index contributed by atoms with van der Waals surface area (Å²) in [6.07, 6.45) is 0.783. The van der Waals surface area contributed by atoms with E-state index < -0.39 is 0 Å². The maximum atomic E-state index is 5.98. The standard InChI is InChI=1S/C11H13ClN4/c1-3-9-11(13)14-15-16(9)10-6-8(12)5-4-7(10)2/h4-6H,3,13H2,1-2H3. The topological polar surface area (TPSA) is 56.7 Å². The molecule has 1 heterocycles. The average Bonchev–Trinajstić information content (AvgIpc) is 2.63. The lowest BCUT2D eigenvalue weighted by Crippen LogP contribution is -2.04. The molecule has 1 aromatic heterocycles. The first kappa shape index (κ1) is 11.0. The molecule has 0 saturated carbocycles. The highest BCUT2D eigenvalue weighted by atomic mass is 35.5. The highest BCUT2D eigenvalue weighted by Gasteiger charge is 2.11. The fraction of sp³-hybridized carbons (Fsp3) is 0.273. The van der Waals surface area contributed by atoms with Crippen molar-refractivity contribution < 1.29 is 0 Å². The number of hydrogen-bond acceptors (Lipinski definition) is 3. The van der Waals surface area contributed by atoms with Crippen LogP contribution in [0, 0.1) is 6.92 Å². The molecule has 0 unspecified atom stereocenters. The summed E-state index contributed by atoms with van der Waals surface area (Å²) in [4.78, 5) is 0. The van der Waals surface area contributed by atoms with Gasteiger partial charge in [0.2, 0.25) is 0 Å². The Labute approximate surface area is 99.0 Å². The molecule has 1 aromatic carbocycles. The van der Waals surface area contributed by atoms with Crippen molar-refractivity contribution in [3.05, 3.63) is 34.5 Å². The fourth-order valence-electron chi connectivity index (χ4n) is 1.65. The summed E-state index contributed by atoms with van der Waals surface area (Å²) in [6.45, 7) is 4.02. The molecule has 0 spiro atoms. The normalized spacial score (nSPS) is 10.7. The molecule has 0 amide bonds. The fourth-order valence-corrected chi connectivity index (χ4v) is 1.81. The van der Waals surface area contributed by atoms with E-state index in [2.05, 4.69) is 10.3 Å². The van der Waals surface area contributed by atoms with Crippen molar-refractivity contribution in [2.45, 2.75) is 20.3 Å². The van der Waals surface area contributed by atoms with Gasteiger partial charge in [-0.2, -0.15) is 0 Å². The van der Waals surface area contributed by atoms with Gasteiger partial charge in [0.15, 0.2) is 5.82 Å². The van der Waals surface area contributed by atoms with Crippen LogP contribution < -0.4 is 5.73 Å². The smallest absolute Gasteiger partial charge is 0.169 e. The van der Waals surface area contributed by atoms with E-state index in [1.165, 1.54) is 0 Å². The van der Waals surface area contributed by atoms with Crippen LogP contribution in [0.15, 0.2) is 18.2 Å². The molecular weight excluding hydrogens is 224 g/mol. The molecule has 0 aliphatic heterocycles. The van der Waals surface area contributed by atoms with Crippen LogP contribution in [0.1, 0.15) is 18.2 Å². The summed E-state index contributed by atoms with van der Waals surface area (Å²) in [6, 6.07) is 5.67. The van der Waals surface area contributed by atoms with Gasteiger partial charge in [-0.05, 0) is 31.0 Å². The SMILES string of the molecule is CCc1c(N)nnn1-c1cc(Cl)ccc1C. The Morgan fingerprint density at radius 3 is 2.88 bits per heavy atom. The lowest BCUT2D eigenvalue weighted by molar-refractivity contribution is 0.763. The predicted molar refractivity (Wildman–Crippen MR) is 64.9 cm³/mol. The van der Waals surface area contributed by atoms with Crippen molar-refractivity contribution in [2.75, 3.05) is 5.73 Å². The van der Waals surface area contributed by atoms with Gasteiger partial charge >= 0.3 is 0 Å². The molecule has 0 saturated heterocycles. The zero-order valence-electron chi connectivity index (χ0n) is 9.24. The van der Waals surface area contributed by atoms with Gasteiger partial charge in [-0.1, -0.05) is 29.8 Å². The minimum absolute atomic E-state index is 0.474. The number of benzene rings is 1. The second-order valence-electron chi connectivity index (χ2n) is 3.62. The van der Waals surface area contributed by atoms with Crippen molar-refractivity contribution in [2.24, 2.45) is 0 Å². The molecule has 0 aliphatic carbocycles. The third-order valence-corrected chi connectivity index (χ3v) is 2.76. The van der Waals surface area contributed by atoms with E-state index in [1.54, 1.807) is 4.68 Å². The molecule has 2 N–H and O–H groups in total. The molecule has 2 rings (SSSR count). The lowest BCUT2D eigenvalue weighted by atomic mass is 10.2. The van der Waals surface area contributed by atoms with Crippen LogP contribution in [0.5, 0.6) is 0 Å². The van der Waals surface area contributed by atoms with E-state index in [0.29, 0.717) is 10.8 Å². The quantitative estimate of drug-likeness (QED) is 0.871. The Bertz CT molecular complexity index is 519. The van der Waals surface area contributed by atoms with E-state index in [4.69, 9.17) is 17.3 Å². The van der Waals surface area contributed by atoms with Crippen molar-refractivity contribution in [3.8, 4) is 5.69 Å². The summed E-state index contributed by atoms with van der Waals surface area (Å²) in [5, 5.41) is 8.60. The number of aryl methyl sites for hydroxylation is 1. The second kappa shape index (κ2) is 4.14. The number of nitrogen functional groups attached to an aromatic ring is 1. The van der Waals surface area contributed by atoms with Gasteiger partial charge in [-0.15, -0.1) is 5.10 Å². The molecule has 4 nitrogen and oxygen atoms in total. The molecule has 0 radical (unpaired) electrons. The first-order valence-electron chi connectivity index (χ1n) is 5.10. The minimum atomic E-state index is 0.474. The van der Waals surface area contributed by atoms with Gasteiger partial charge in [-0.25, -0.2) is 4.68 Å². The molecule has 5 heteroatoms. The molecule has 0 atom stereocenters. The van der Waals surface area contributed by atoms with Crippen LogP contribution in [0.3, 0.4) is 0 Å². The zero-order chi connectivity index (χ0) is 11.7. The maximum Gasteiger partial charge on any atom is 0.169 e. The predicted octanol–water partition coefficient (Wildman–Crippen LogP) is 2.37. The molecule has 0 aliphatic rings. The van der Waals surface area contributed by atoms with E-state index in [9.17, 15) is 0 Å². The number of hydrogen-bond donors (Lipinski definition) is 1. The Morgan fingerprint density at radius 2 is 2.19 bits per heavy atom. The summed E-state index contributed by atoms with van der Waals surface area (Å²) >= 11 is 5.98. The van der Waals surface area contributed by atoms with Crippen LogP contribution in [0.25, 0.3) is 5.69 Å². The maximum absolute atomic E-state index is 5.98. The number of anilines is 1. The van der Waals surface area contributed by atoms with Crippen molar-refractivity contribution in [3.63, 3.8) is 0 Å². The largest absolute Gasteiger partial charge is 0.381 e. The number of aromatic nitrogens is 3. The minimum Gasteiger partial charge on any atom is -0.381 e. The molecule has 84 valence electrons. The van der Waals surface area contributed by atoms with Gasteiger partial charge in [0.05, 0.1) is 11.4 Å². The van der Waals surface area contributed by atoms with E-state index in [-0.39, 0.29) is 0 Å².